The highest BCUT2D eigenvalue weighted by molar-refractivity contribution is 5.95. The number of hydrogen-bond donors (Lipinski definition) is 1. The Kier molecular flexibility index (Phi) is 4.69. The largest absolute Gasteiger partial charge is 0.339 e. The number of carbonyl (C=O) groups excluding carboxylic acids is 2. The van der Waals surface area contributed by atoms with Crippen LogP contribution in [0.15, 0.2) is 24.3 Å². The van der Waals surface area contributed by atoms with Gasteiger partial charge in [0.05, 0.1) is 0 Å². The van der Waals surface area contributed by atoms with E-state index in [1.165, 1.54) is 6.92 Å². The Hall–Kier alpha value is -1.84. The van der Waals surface area contributed by atoms with E-state index < -0.39 is 0 Å². The van der Waals surface area contributed by atoms with Gasteiger partial charge in [-0.25, -0.2) is 0 Å². The summed E-state index contributed by atoms with van der Waals surface area (Å²) in [7, 11) is 0. The first-order valence-electron chi connectivity index (χ1n) is 5.75. The summed E-state index contributed by atoms with van der Waals surface area (Å²) in [5.41, 5.74) is 1.34. The van der Waals surface area contributed by atoms with Crippen molar-refractivity contribution >= 4 is 17.5 Å². The molecule has 92 valence electrons. The molecule has 1 aromatic rings. The average Bonchev–Trinajstić information content (AvgIpc) is 2.30. The van der Waals surface area contributed by atoms with Crippen LogP contribution in [0.1, 0.15) is 31.1 Å². The third-order valence-corrected chi connectivity index (χ3v) is 2.50. The molecule has 0 saturated carbocycles. The van der Waals surface area contributed by atoms with Crippen molar-refractivity contribution in [2.24, 2.45) is 0 Å². The highest BCUT2D eigenvalue weighted by Gasteiger charge is 2.11. The zero-order valence-electron chi connectivity index (χ0n) is 10.5. The van der Waals surface area contributed by atoms with Crippen LogP contribution in [0, 0.1) is 0 Å². The molecule has 0 unspecified atom stereocenters. The van der Waals surface area contributed by atoms with Gasteiger partial charge in [-0.1, -0.05) is 0 Å². The summed E-state index contributed by atoms with van der Waals surface area (Å²) in [4.78, 5) is 24.6. The Labute approximate surface area is 102 Å². The van der Waals surface area contributed by atoms with Gasteiger partial charge in [0.25, 0.3) is 5.91 Å². The van der Waals surface area contributed by atoms with Gasteiger partial charge >= 0.3 is 0 Å². The summed E-state index contributed by atoms with van der Waals surface area (Å²) < 4.78 is 0. The number of carbonyl (C=O) groups is 2. The molecule has 0 aromatic heterocycles. The van der Waals surface area contributed by atoms with E-state index in [0.29, 0.717) is 24.3 Å². The van der Waals surface area contributed by atoms with Crippen molar-refractivity contribution in [2.45, 2.75) is 20.8 Å². The van der Waals surface area contributed by atoms with Gasteiger partial charge in [0.1, 0.15) is 0 Å². The molecule has 0 atom stereocenters. The minimum atomic E-state index is -0.118. The van der Waals surface area contributed by atoms with Gasteiger partial charge in [-0.15, -0.1) is 0 Å². The summed E-state index contributed by atoms with van der Waals surface area (Å²) in [6.07, 6.45) is 0. The summed E-state index contributed by atoms with van der Waals surface area (Å²) in [6.45, 7) is 6.75. The van der Waals surface area contributed by atoms with E-state index >= 15 is 0 Å². The van der Waals surface area contributed by atoms with E-state index in [9.17, 15) is 9.59 Å². The molecule has 1 aromatic carbocycles. The second kappa shape index (κ2) is 6.03. The van der Waals surface area contributed by atoms with Crippen molar-refractivity contribution in [3.05, 3.63) is 29.8 Å². The van der Waals surface area contributed by atoms with E-state index in [-0.39, 0.29) is 11.8 Å². The lowest BCUT2D eigenvalue weighted by Gasteiger charge is -2.18. The molecule has 17 heavy (non-hydrogen) atoms. The Morgan fingerprint density at radius 3 is 2.06 bits per heavy atom. The maximum Gasteiger partial charge on any atom is 0.253 e. The summed E-state index contributed by atoms with van der Waals surface area (Å²) in [6, 6.07) is 6.92. The summed E-state index contributed by atoms with van der Waals surface area (Å²) in [5, 5.41) is 2.66. The highest BCUT2D eigenvalue weighted by atomic mass is 16.2. The molecule has 0 aliphatic rings. The molecule has 1 rings (SSSR count). The number of nitrogens with one attached hydrogen (secondary N) is 1. The van der Waals surface area contributed by atoms with Crippen LogP contribution in [-0.4, -0.2) is 29.8 Å². The van der Waals surface area contributed by atoms with Crippen LogP contribution in [0.5, 0.6) is 0 Å². The predicted molar refractivity (Wildman–Crippen MR) is 68.0 cm³/mol. The molecule has 0 bridgehead atoms. The van der Waals surface area contributed by atoms with Crippen molar-refractivity contribution in [3.8, 4) is 0 Å². The zero-order valence-corrected chi connectivity index (χ0v) is 10.5. The first kappa shape index (κ1) is 13.2. The molecule has 1 N–H and O–H groups in total. The fourth-order valence-corrected chi connectivity index (χ4v) is 1.59. The van der Waals surface area contributed by atoms with Crippen LogP contribution in [0.25, 0.3) is 0 Å². The smallest absolute Gasteiger partial charge is 0.253 e. The minimum absolute atomic E-state index is 0.0179. The number of rotatable bonds is 4. The van der Waals surface area contributed by atoms with Gasteiger partial charge in [-0.05, 0) is 38.1 Å². The fourth-order valence-electron chi connectivity index (χ4n) is 1.59. The number of anilines is 1. The third kappa shape index (κ3) is 3.59. The SMILES string of the molecule is CCN(CC)C(=O)c1ccc(NC(C)=O)cc1. The van der Waals surface area contributed by atoms with Crippen LogP contribution >= 0.6 is 0 Å². The van der Waals surface area contributed by atoms with Gasteiger partial charge in [-0.2, -0.15) is 0 Å². The maximum absolute atomic E-state index is 12.0. The Morgan fingerprint density at radius 1 is 1.12 bits per heavy atom. The van der Waals surface area contributed by atoms with E-state index in [1.54, 1.807) is 29.2 Å². The minimum Gasteiger partial charge on any atom is -0.339 e. The molecule has 4 heteroatoms. The quantitative estimate of drug-likeness (QED) is 0.867. The molecule has 0 radical (unpaired) electrons. The topological polar surface area (TPSA) is 49.4 Å². The van der Waals surface area contributed by atoms with E-state index in [1.807, 2.05) is 13.8 Å². The van der Waals surface area contributed by atoms with E-state index in [0.717, 1.165) is 0 Å². The monoisotopic (exact) mass is 234 g/mol. The van der Waals surface area contributed by atoms with Gasteiger partial charge < -0.3 is 10.2 Å². The highest BCUT2D eigenvalue weighted by Crippen LogP contribution is 2.11. The molecule has 0 heterocycles. The van der Waals surface area contributed by atoms with Crippen LogP contribution < -0.4 is 5.32 Å². The van der Waals surface area contributed by atoms with Crippen molar-refractivity contribution in [1.82, 2.24) is 4.90 Å². The van der Waals surface area contributed by atoms with Crippen molar-refractivity contribution in [3.63, 3.8) is 0 Å². The lowest BCUT2D eigenvalue weighted by Crippen LogP contribution is -2.30. The molecule has 2 amide bonds. The standard InChI is InChI=1S/C13H18N2O2/c1-4-15(5-2)13(17)11-6-8-12(9-7-11)14-10(3)16/h6-9H,4-5H2,1-3H3,(H,14,16). The Balaban J connectivity index is 2.80. The lowest BCUT2D eigenvalue weighted by molar-refractivity contribution is -0.114. The van der Waals surface area contributed by atoms with Gasteiger partial charge in [0, 0.05) is 31.3 Å². The van der Waals surface area contributed by atoms with Crippen LogP contribution in [0.4, 0.5) is 5.69 Å². The summed E-state index contributed by atoms with van der Waals surface area (Å²) >= 11 is 0. The van der Waals surface area contributed by atoms with Crippen molar-refractivity contribution in [2.75, 3.05) is 18.4 Å². The first-order valence-corrected chi connectivity index (χ1v) is 5.75. The maximum atomic E-state index is 12.0. The van der Waals surface area contributed by atoms with Gasteiger partial charge in [0.15, 0.2) is 0 Å². The van der Waals surface area contributed by atoms with Gasteiger partial charge in [-0.3, -0.25) is 9.59 Å². The van der Waals surface area contributed by atoms with Crippen molar-refractivity contribution in [1.29, 1.82) is 0 Å². The zero-order chi connectivity index (χ0) is 12.8. The third-order valence-electron chi connectivity index (χ3n) is 2.50. The summed E-state index contributed by atoms with van der Waals surface area (Å²) in [5.74, 6) is -0.0998. The number of benzene rings is 1. The fraction of sp³-hybridized carbons (Fsp3) is 0.385. The van der Waals surface area contributed by atoms with Crippen LogP contribution in [-0.2, 0) is 4.79 Å². The molecular weight excluding hydrogens is 216 g/mol. The first-order chi connectivity index (χ1) is 8.08. The van der Waals surface area contributed by atoms with E-state index in [4.69, 9.17) is 0 Å². The molecule has 0 fully saturated rings. The number of hydrogen-bond acceptors (Lipinski definition) is 2. The predicted octanol–water partition coefficient (Wildman–Crippen LogP) is 2.13. The van der Waals surface area contributed by atoms with Gasteiger partial charge in [0.2, 0.25) is 5.91 Å². The molecule has 0 aliphatic carbocycles. The molecular formula is C13H18N2O2. The normalized spacial score (nSPS) is 9.82. The average molecular weight is 234 g/mol. The second-order valence-electron chi connectivity index (χ2n) is 3.74. The Morgan fingerprint density at radius 2 is 1.65 bits per heavy atom. The van der Waals surface area contributed by atoms with Crippen LogP contribution in [0.3, 0.4) is 0 Å². The molecule has 0 spiro atoms. The number of nitrogens with zero attached hydrogens (tertiary/aromatic N) is 1. The lowest BCUT2D eigenvalue weighted by atomic mass is 10.2. The Bertz CT molecular complexity index is 394. The second-order valence-corrected chi connectivity index (χ2v) is 3.74. The number of amides is 2. The van der Waals surface area contributed by atoms with Crippen molar-refractivity contribution < 1.29 is 9.59 Å². The molecule has 4 nitrogen and oxygen atoms in total. The molecule has 0 aliphatic heterocycles. The van der Waals surface area contributed by atoms with Crippen LogP contribution in [0.2, 0.25) is 0 Å². The van der Waals surface area contributed by atoms with E-state index in [2.05, 4.69) is 5.32 Å². The molecule has 0 saturated heterocycles.